The van der Waals surface area contributed by atoms with Crippen LogP contribution >= 0.6 is 0 Å². The van der Waals surface area contributed by atoms with E-state index in [1.807, 2.05) is 0 Å². The molecule has 0 aliphatic heterocycles. The van der Waals surface area contributed by atoms with Crippen LogP contribution in [0, 0.1) is 0 Å². The SMILES string of the molecule is C=C(CC(=O)OC(F)(F)F)C(=O)OC(C)(C)C. The number of ether oxygens (including phenoxy) is 2. The topological polar surface area (TPSA) is 52.6 Å². The average molecular weight is 254 g/mol. The van der Waals surface area contributed by atoms with E-state index in [1.165, 1.54) is 0 Å². The van der Waals surface area contributed by atoms with Gasteiger partial charge in [-0.2, -0.15) is 0 Å². The summed E-state index contributed by atoms with van der Waals surface area (Å²) in [6.45, 7) is 7.89. The molecule has 0 saturated heterocycles. The van der Waals surface area contributed by atoms with Crippen LogP contribution in [0.1, 0.15) is 27.2 Å². The van der Waals surface area contributed by atoms with Gasteiger partial charge in [-0.05, 0) is 20.8 Å². The van der Waals surface area contributed by atoms with Gasteiger partial charge in [-0.15, -0.1) is 13.2 Å². The highest BCUT2D eigenvalue weighted by Crippen LogP contribution is 2.19. The third kappa shape index (κ3) is 8.29. The van der Waals surface area contributed by atoms with Crippen molar-refractivity contribution in [3.63, 3.8) is 0 Å². The summed E-state index contributed by atoms with van der Waals surface area (Å²) in [6, 6.07) is 0. The van der Waals surface area contributed by atoms with Crippen molar-refractivity contribution in [3.8, 4) is 0 Å². The number of hydrogen-bond donors (Lipinski definition) is 0. The molecular weight excluding hydrogens is 241 g/mol. The molecule has 0 rings (SSSR count). The minimum absolute atomic E-state index is 0.394. The lowest BCUT2D eigenvalue weighted by atomic mass is 10.1. The maximum absolute atomic E-state index is 11.6. The van der Waals surface area contributed by atoms with Gasteiger partial charge in [0.05, 0.1) is 6.42 Å². The summed E-state index contributed by atoms with van der Waals surface area (Å²) in [5.74, 6) is -2.54. The van der Waals surface area contributed by atoms with Gasteiger partial charge in [0.2, 0.25) is 0 Å². The maximum Gasteiger partial charge on any atom is 0.575 e. The molecule has 0 N–H and O–H groups in total. The van der Waals surface area contributed by atoms with Crippen LogP contribution in [0.3, 0.4) is 0 Å². The molecule has 0 unspecified atom stereocenters. The quantitative estimate of drug-likeness (QED) is 0.573. The average Bonchev–Trinajstić information content (AvgIpc) is 1.95. The highest BCUT2D eigenvalue weighted by molar-refractivity contribution is 5.93. The molecule has 0 bridgehead atoms. The molecule has 0 fully saturated rings. The second kappa shape index (κ2) is 5.20. The van der Waals surface area contributed by atoms with Crippen LogP contribution < -0.4 is 0 Å². The van der Waals surface area contributed by atoms with Gasteiger partial charge in [0, 0.05) is 5.57 Å². The molecule has 0 amide bonds. The first-order valence-electron chi connectivity index (χ1n) is 4.60. The van der Waals surface area contributed by atoms with Crippen LogP contribution in [0.25, 0.3) is 0 Å². The number of carbonyl (C=O) groups is 2. The van der Waals surface area contributed by atoms with Crippen LogP contribution in [0.5, 0.6) is 0 Å². The molecule has 7 heteroatoms. The summed E-state index contributed by atoms with van der Waals surface area (Å²) in [7, 11) is 0. The van der Waals surface area contributed by atoms with Gasteiger partial charge in [0.1, 0.15) is 5.60 Å². The normalized spacial score (nSPS) is 11.9. The van der Waals surface area contributed by atoms with Crippen molar-refractivity contribution < 1.29 is 32.2 Å². The summed E-state index contributed by atoms with van der Waals surface area (Å²) < 4.78 is 42.8. The van der Waals surface area contributed by atoms with Crippen molar-refractivity contribution in [3.05, 3.63) is 12.2 Å². The Labute approximate surface area is 96.4 Å². The Morgan fingerprint density at radius 2 is 1.59 bits per heavy atom. The van der Waals surface area contributed by atoms with E-state index in [-0.39, 0.29) is 0 Å². The van der Waals surface area contributed by atoms with Crippen molar-refractivity contribution >= 4 is 11.9 Å². The number of alkyl halides is 3. The molecule has 0 atom stereocenters. The fourth-order valence-corrected chi connectivity index (χ4v) is 0.762. The number of carbonyl (C=O) groups excluding carboxylic acids is 2. The molecule has 0 saturated carbocycles. The van der Waals surface area contributed by atoms with Crippen molar-refractivity contribution in [1.82, 2.24) is 0 Å². The van der Waals surface area contributed by atoms with Crippen LogP contribution in [0.15, 0.2) is 12.2 Å². The van der Waals surface area contributed by atoms with Gasteiger partial charge in [0.25, 0.3) is 0 Å². The Morgan fingerprint density at radius 3 is 1.94 bits per heavy atom. The maximum atomic E-state index is 11.6. The van der Waals surface area contributed by atoms with E-state index in [2.05, 4.69) is 11.3 Å². The highest BCUT2D eigenvalue weighted by atomic mass is 19.4. The largest absolute Gasteiger partial charge is 0.575 e. The van der Waals surface area contributed by atoms with Crippen molar-refractivity contribution in [1.29, 1.82) is 0 Å². The first-order chi connectivity index (χ1) is 7.41. The molecule has 17 heavy (non-hydrogen) atoms. The van der Waals surface area contributed by atoms with Crippen molar-refractivity contribution in [2.24, 2.45) is 0 Å². The Hall–Kier alpha value is -1.53. The predicted molar refractivity (Wildman–Crippen MR) is 51.7 cm³/mol. The number of rotatable bonds is 3. The van der Waals surface area contributed by atoms with Crippen molar-refractivity contribution in [2.75, 3.05) is 0 Å². The second-order valence-electron chi connectivity index (χ2n) is 4.20. The molecule has 0 aromatic carbocycles. The Bertz CT molecular complexity index is 325. The molecule has 0 aliphatic rings. The van der Waals surface area contributed by atoms with Gasteiger partial charge in [-0.25, -0.2) is 4.79 Å². The third-order valence-corrected chi connectivity index (χ3v) is 1.27. The molecule has 4 nitrogen and oxygen atoms in total. The molecule has 0 heterocycles. The third-order valence-electron chi connectivity index (χ3n) is 1.27. The number of esters is 2. The Kier molecular flexibility index (Phi) is 4.73. The second-order valence-corrected chi connectivity index (χ2v) is 4.20. The smallest absolute Gasteiger partial charge is 0.457 e. The van der Waals surface area contributed by atoms with E-state index in [1.54, 1.807) is 20.8 Å². The van der Waals surface area contributed by atoms with Gasteiger partial charge in [-0.1, -0.05) is 6.58 Å². The van der Waals surface area contributed by atoms with E-state index in [4.69, 9.17) is 4.74 Å². The van der Waals surface area contributed by atoms with E-state index < -0.39 is 35.9 Å². The van der Waals surface area contributed by atoms with E-state index in [0.29, 0.717) is 0 Å². The molecule has 0 radical (unpaired) electrons. The number of halogens is 3. The number of hydrogen-bond acceptors (Lipinski definition) is 4. The monoisotopic (exact) mass is 254 g/mol. The zero-order chi connectivity index (χ0) is 13.9. The lowest BCUT2D eigenvalue weighted by Crippen LogP contribution is -2.26. The summed E-state index contributed by atoms with van der Waals surface area (Å²) >= 11 is 0. The minimum Gasteiger partial charge on any atom is -0.457 e. The summed E-state index contributed by atoms with van der Waals surface area (Å²) in [5, 5.41) is 0. The van der Waals surface area contributed by atoms with Crippen LogP contribution in [-0.2, 0) is 19.1 Å². The fourth-order valence-electron chi connectivity index (χ4n) is 0.762. The zero-order valence-corrected chi connectivity index (χ0v) is 9.68. The summed E-state index contributed by atoms with van der Waals surface area (Å²) in [4.78, 5) is 22.0. The standard InChI is InChI=1S/C10H13F3O4/c1-6(8(15)17-9(2,3)4)5-7(14)16-10(11,12)13/h1,5H2,2-4H3. The first kappa shape index (κ1) is 15.5. The molecule has 0 spiro atoms. The fraction of sp³-hybridized carbons (Fsp3) is 0.600. The molecule has 0 aromatic rings. The van der Waals surface area contributed by atoms with Gasteiger partial charge in [0.15, 0.2) is 0 Å². The predicted octanol–water partition coefficient (Wildman–Crippen LogP) is 2.34. The molecule has 0 aromatic heterocycles. The van der Waals surface area contributed by atoms with Crippen LogP contribution in [0.2, 0.25) is 0 Å². The van der Waals surface area contributed by atoms with Gasteiger partial charge < -0.3 is 9.47 Å². The molecule has 0 aliphatic carbocycles. The van der Waals surface area contributed by atoms with E-state index >= 15 is 0 Å². The van der Waals surface area contributed by atoms with Crippen LogP contribution in [0.4, 0.5) is 13.2 Å². The van der Waals surface area contributed by atoms with Gasteiger partial charge >= 0.3 is 18.3 Å². The molecule has 98 valence electrons. The first-order valence-corrected chi connectivity index (χ1v) is 4.60. The zero-order valence-electron chi connectivity index (χ0n) is 9.68. The lowest BCUT2D eigenvalue weighted by molar-refractivity contribution is -0.305. The highest BCUT2D eigenvalue weighted by Gasteiger charge is 2.34. The summed E-state index contributed by atoms with van der Waals surface area (Å²) in [6.07, 6.45) is -5.93. The van der Waals surface area contributed by atoms with Crippen LogP contribution in [-0.4, -0.2) is 23.9 Å². The minimum atomic E-state index is -5.06. The molecular formula is C10H13F3O4. The Morgan fingerprint density at radius 1 is 1.12 bits per heavy atom. The summed E-state index contributed by atoms with van der Waals surface area (Å²) in [5.41, 5.74) is -1.21. The Balaban J connectivity index is 4.28. The van der Waals surface area contributed by atoms with Crippen molar-refractivity contribution in [2.45, 2.75) is 39.2 Å². The van der Waals surface area contributed by atoms with Gasteiger partial charge in [-0.3, -0.25) is 4.79 Å². The van der Waals surface area contributed by atoms with E-state index in [9.17, 15) is 22.8 Å². The van der Waals surface area contributed by atoms with E-state index in [0.717, 1.165) is 0 Å². The lowest BCUT2D eigenvalue weighted by Gasteiger charge is -2.20.